The van der Waals surface area contributed by atoms with Crippen molar-refractivity contribution < 1.29 is 4.79 Å². The van der Waals surface area contributed by atoms with Crippen LogP contribution in [0.5, 0.6) is 0 Å². The second-order valence-corrected chi connectivity index (χ2v) is 9.47. The summed E-state index contributed by atoms with van der Waals surface area (Å²) in [7, 11) is 3.61. The second kappa shape index (κ2) is 7.15. The number of rotatable bonds is 5. The lowest BCUT2D eigenvalue weighted by Gasteiger charge is -2.33. The number of fused-ring (bicyclic) bond motifs is 2. The third-order valence-corrected chi connectivity index (χ3v) is 7.70. The standard InChI is InChI=1S/C23H22N2OS2/c1-5-23(2,19-14-15-10-6-8-12-17(15)27-19)20(22(26)25(3)4)21-24-16-11-7-9-13-18(16)28-21/h5-14,20H,1H2,2-4H3/t20-,23+/m1/s1. The third-order valence-electron chi connectivity index (χ3n) is 5.23. The predicted molar refractivity (Wildman–Crippen MR) is 120 cm³/mol. The molecule has 2 atom stereocenters. The van der Waals surface area contributed by atoms with E-state index in [-0.39, 0.29) is 5.91 Å². The molecule has 142 valence electrons. The largest absolute Gasteiger partial charge is 0.348 e. The monoisotopic (exact) mass is 406 g/mol. The number of thiazole rings is 1. The zero-order valence-corrected chi connectivity index (χ0v) is 17.8. The van der Waals surface area contributed by atoms with Crippen LogP contribution >= 0.6 is 22.7 Å². The molecule has 2 aromatic heterocycles. The summed E-state index contributed by atoms with van der Waals surface area (Å²) in [6.45, 7) is 6.23. The van der Waals surface area contributed by atoms with E-state index in [1.165, 1.54) is 10.1 Å². The number of aromatic nitrogens is 1. The molecule has 4 aromatic rings. The number of likely N-dealkylation sites (N-methyl/N-ethyl adjacent to an activating group) is 1. The number of hydrogen-bond acceptors (Lipinski definition) is 4. The normalized spacial score (nSPS) is 14.7. The maximum absolute atomic E-state index is 13.4. The summed E-state index contributed by atoms with van der Waals surface area (Å²) in [4.78, 5) is 21.0. The van der Waals surface area contributed by atoms with Crippen LogP contribution in [-0.2, 0) is 10.2 Å². The molecule has 4 rings (SSSR count). The molecular weight excluding hydrogens is 384 g/mol. The van der Waals surface area contributed by atoms with Gasteiger partial charge < -0.3 is 4.90 Å². The molecule has 0 saturated heterocycles. The van der Waals surface area contributed by atoms with Crippen molar-refractivity contribution in [3.8, 4) is 0 Å². The molecule has 0 fully saturated rings. The van der Waals surface area contributed by atoms with E-state index in [9.17, 15) is 4.79 Å². The highest BCUT2D eigenvalue weighted by Crippen LogP contribution is 2.46. The van der Waals surface area contributed by atoms with Crippen LogP contribution in [0.1, 0.15) is 22.7 Å². The van der Waals surface area contributed by atoms with Crippen molar-refractivity contribution in [2.75, 3.05) is 14.1 Å². The second-order valence-electron chi connectivity index (χ2n) is 7.32. The molecule has 5 heteroatoms. The fourth-order valence-electron chi connectivity index (χ4n) is 3.50. The SMILES string of the molecule is C=C[C@@](C)(c1cc2ccccc2s1)[C@@H](C(=O)N(C)C)c1nc2ccccc2s1. The van der Waals surface area contributed by atoms with Crippen molar-refractivity contribution in [2.45, 2.75) is 18.3 Å². The molecule has 0 spiro atoms. The molecule has 0 radical (unpaired) electrons. The maximum atomic E-state index is 13.4. The number of para-hydroxylation sites is 1. The Morgan fingerprint density at radius 1 is 1.11 bits per heavy atom. The number of amides is 1. The Balaban J connectivity index is 1.92. The molecule has 28 heavy (non-hydrogen) atoms. The van der Waals surface area contributed by atoms with E-state index >= 15 is 0 Å². The lowest BCUT2D eigenvalue weighted by atomic mass is 9.75. The first-order valence-corrected chi connectivity index (χ1v) is 10.8. The van der Waals surface area contributed by atoms with Crippen LogP contribution in [0, 0.1) is 0 Å². The van der Waals surface area contributed by atoms with Crippen LogP contribution in [-0.4, -0.2) is 29.9 Å². The van der Waals surface area contributed by atoms with Gasteiger partial charge in [0.1, 0.15) is 10.9 Å². The van der Waals surface area contributed by atoms with E-state index in [1.54, 1.807) is 41.7 Å². The maximum Gasteiger partial charge on any atom is 0.233 e. The van der Waals surface area contributed by atoms with Gasteiger partial charge in [-0.2, -0.15) is 0 Å². The fourth-order valence-corrected chi connectivity index (χ4v) is 5.93. The van der Waals surface area contributed by atoms with Gasteiger partial charge in [-0.3, -0.25) is 4.79 Å². The number of carbonyl (C=O) groups excluding carboxylic acids is 1. The molecule has 0 aliphatic rings. The molecular formula is C23H22N2OS2. The number of allylic oxidation sites excluding steroid dienone is 1. The molecule has 0 bridgehead atoms. The Hall–Kier alpha value is -2.50. The quantitative estimate of drug-likeness (QED) is 0.391. The summed E-state index contributed by atoms with van der Waals surface area (Å²) in [5.41, 5.74) is 0.376. The average molecular weight is 407 g/mol. The van der Waals surface area contributed by atoms with E-state index in [4.69, 9.17) is 4.98 Å². The van der Waals surface area contributed by atoms with Crippen molar-refractivity contribution in [2.24, 2.45) is 0 Å². The minimum Gasteiger partial charge on any atom is -0.348 e. The molecule has 0 aliphatic carbocycles. The summed E-state index contributed by atoms with van der Waals surface area (Å²) in [5.74, 6) is -0.385. The van der Waals surface area contributed by atoms with Gasteiger partial charge >= 0.3 is 0 Å². The Morgan fingerprint density at radius 3 is 2.43 bits per heavy atom. The molecule has 2 heterocycles. The van der Waals surface area contributed by atoms with Crippen LogP contribution < -0.4 is 0 Å². The molecule has 1 amide bonds. The third kappa shape index (κ3) is 3.05. The summed E-state index contributed by atoms with van der Waals surface area (Å²) in [5, 5.41) is 2.02. The van der Waals surface area contributed by atoms with E-state index in [0.717, 1.165) is 20.1 Å². The molecule has 0 aliphatic heterocycles. The summed E-state index contributed by atoms with van der Waals surface area (Å²) in [6, 6.07) is 18.5. The summed E-state index contributed by atoms with van der Waals surface area (Å²) >= 11 is 3.32. The summed E-state index contributed by atoms with van der Waals surface area (Å²) < 4.78 is 2.31. The minimum absolute atomic E-state index is 0.0407. The molecule has 0 saturated carbocycles. The van der Waals surface area contributed by atoms with E-state index in [1.807, 2.05) is 36.4 Å². The smallest absolute Gasteiger partial charge is 0.233 e. The topological polar surface area (TPSA) is 33.2 Å². The van der Waals surface area contributed by atoms with Crippen LogP contribution in [0.3, 0.4) is 0 Å². The highest BCUT2D eigenvalue weighted by molar-refractivity contribution is 7.19. The van der Waals surface area contributed by atoms with Crippen LogP contribution in [0.15, 0.2) is 67.3 Å². The number of hydrogen-bond donors (Lipinski definition) is 0. The zero-order chi connectivity index (χ0) is 19.9. The van der Waals surface area contributed by atoms with Gasteiger partial charge in [0.2, 0.25) is 5.91 Å². The lowest BCUT2D eigenvalue weighted by Crippen LogP contribution is -2.39. The highest BCUT2D eigenvalue weighted by Gasteiger charge is 2.43. The van der Waals surface area contributed by atoms with E-state index in [0.29, 0.717) is 0 Å². The Labute approximate surface area is 173 Å². The first-order valence-electron chi connectivity index (χ1n) is 9.13. The van der Waals surface area contributed by atoms with Gasteiger partial charge in [-0.1, -0.05) is 43.3 Å². The van der Waals surface area contributed by atoms with E-state index < -0.39 is 11.3 Å². The average Bonchev–Trinajstić information content (AvgIpc) is 3.31. The molecule has 0 unspecified atom stereocenters. The first-order chi connectivity index (χ1) is 13.4. The molecule has 2 aromatic carbocycles. The number of carbonyl (C=O) groups is 1. The van der Waals surface area contributed by atoms with Gasteiger partial charge in [0.25, 0.3) is 0 Å². The molecule has 0 N–H and O–H groups in total. The van der Waals surface area contributed by atoms with Crippen molar-refractivity contribution in [1.82, 2.24) is 9.88 Å². The Morgan fingerprint density at radius 2 is 1.79 bits per heavy atom. The van der Waals surface area contributed by atoms with Crippen molar-refractivity contribution >= 4 is 48.9 Å². The lowest BCUT2D eigenvalue weighted by molar-refractivity contribution is -0.131. The van der Waals surface area contributed by atoms with Gasteiger partial charge in [0, 0.05) is 29.1 Å². The van der Waals surface area contributed by atoms with Crippen molar-refractivity contribution in [1.29, 1.82) is 0 Å². The Bertz CT molecular complexity index is 1110. The number of thiophene rings is 1. The fraction of sp³-hybridized carbons (Fsp3) is 0.217. The minimum atomic E-state index is -0.557. The Kier molecular flexibility index (Phi) is 4.81. The first kappa shape index (κ1) is 18.8. The predicted octanol–water partition coefficient (Wildman–Crippen LogP) is 5.83. The van der Waals surface area contributed by atoms with E-state index in [2.05, 4.69) is 37.8 Å². The van der Waals surface area contributed by atoms with Gasteiger partial charge in [-0.25, -0.2) is 4.98 Å². The van der Waals surface area contributed by atoms with Crippen molar-refractivity contribution in [3.05, 3.63) is 77.1 Å². The zero-order valence-electron chi connectivity index (χ0n) is 16.2. The van der Waals surface area contributed by atoms with Crippen LogP contribution in [0.2, 0.25) is 0 Å². The van der Waals surface area contributed by atoms with Crippen LogP contribution in [0.4, 0.5) is 0 Å². The number of nitrogens with zero attached hydrogens (tertiary/aromatic N) is 2. The van der Waals surface area contributed by atoms with Gasteiger partial charge in [-0.05, 0) is 29.7 Å². The molecule has 3 nitrogen and oxygen atoms in total. The van der Waals surface area contributed by atoms with Crippen molar-refractivity contribution in [3.63, 3.8) is 0 Å². The van der Waals surface area contributed by atoms with Gasteiger partial charge in [0.15, 0.2) is 0 Å². The van der Waals surface area contributed by atoms with Gasteiger partial charge in [0.05, 0.1) is 10.2 Å². The number of benzene rings is 2. The van der Waals surface area contributed by atoms with Gasteiger partial charge in [-0.15, -0.1) is 29.3 Å². The van der Waals surface area contributed by atoms with Crippen LogP contribution in [0.25, 0.3) is 20.3 Å². The summed E-state index contributed by atoms with van der Waals surface area (Å²) in [6.07, 6.45) is 1.91. The highest BCUT2D eigenvalue weighted by atomic mass is 32.1.